The maximum Gasteiger partial charge on any atom is 0.251 e. The first-order valence-electron chi connectivity index (χ1n) is 11.2. The molecule has 4 aliphatic rings. The first kappa shape index (κ1) is 19.4. The van der Waals surface area contributed by atoms with E-state index in [1.54, 1.807) is 0 Å². The molecule has 1 fully saturated rings. The van der Waals surface area contributed by atoms with E-state index >= 15 is 0 Å². The van der Waals surface area contributed by atoms with Crippen LogP contribution in [0.2, 0.25) is 0 Å². The van der Waals surface area contributed by atoms with Crippen LogP contribution in [-0.4, -0.2) is 17.5 Å². The van der Waals surface area contributed by atoms with Crippen LogP contribution >= 0.6 is 0 Å². The molecule has 4 nitrogen and oxygen atoms in total. The van der Waals surface area contributed by atoms with Crippen molar-refractivity contribution < 1.29 is 9.59 Å². The number of carbonyl (C=O) groups excluding carboxylic acids is 2. The van der Waals surface area contributed by atoms with Crippen molar-refractivity contribution in [2.24, 2.45) is 22.7 Å². The van der Waals surface area contributed by atoms with Gasteiger partial charge >= 0.3 is 0 Å². The standard InChI is InChI=1S/C24H32N2O2/c1-2-3-6-16-9-11-17(12-10-16)23(27)25-18-13-14-20-19-7-4-5-8-21(19)24(28)26-22(20)15-18/h13-17,20H,2-12H2,1H3,(H,26,28). The molecular weight excluding hydrogens is 348 g/mol. The van der Waals surface area contributed by atoms with Crippen LogP contribution in [0, 0.1) is 17.8 Å². The third-order valence-electron chi connectivity index (χ3n) is 6.92. The van der Waals surface area contributed by atoms with Crippen molar-refractivity contribution in [3.8, 4) is 0 Å². The van der Waals surface area contributed by atoms with Gasteiger partial charge in [-0.1, -0.05) is 32.3 Å². The predicted octanol–water partition coefficient (Wildman–Crippen LogP) is 5.02. The number of fused-ring (bicyclic) bond motifs is 2. The Morgan fingerprint density at radius 1 is 1.18 bits per heavy atom. The number of allylic oxidation sites excluding steroid dienone is 3. The fourth-order valence-corrected chi connectivity index (χ4v) is 5.23. The highest BCUT2D eigenvalue weighted by molar-refractivity contribution is 6.12. The lowest BCUT2D eigenvalue weighted by atomic mass is 9.77. The van der Waals surface area contributed by atoms with Gasteiger partial charge in [0.25, 0.3) is 5.91 Å². The van der Waals surface area contributed by atoms with Gasteiger partial charge in [-0.25, -0.2) is 4.99 Å². The van der Waals surface area contributed by atoms with Crippen LogP contribution in [-0.2, 0) is 9.59 Å². The van der Waals surface area contributed by atoms with Crippen molar-refractivity contribution in [1.82, 2.24) is 5.32 Å². The van der Waals surface area contributed by atoms with Gasteiger partial charge in [-0.3, -0.25) is 9.59 Å². The molecule has 1 saturated carbocycles. The van der Waals surface area contributed by atoms with Crippen molar-refractivity contribution >= 4 is 17.5 Å². The second-order valence-corrected chi connectivity index (χ2v) is 8.84. The zero-order valence-electron chi connectivity index (χ0n) is 17.0. The molecule has 1 heterocycles. The molecule has 4 rings (SSSR count). The molecule has 1 atom stereocenters. The highest BCUT2D eigenvalue weighted by Crippen LogP contribution is 2.38. The van der Waals surface area contributed by atoms with E-state index in [4.69, 9.17) is 0 Å². The Kier molecular flexibility index (Phi) is 5.93. The number of aliphatic imine (C=N–C) groups is 1. The van der Waals surface area contributed by atoms with Gasteiger partial charge in [0.2, 0.25) is 5.91 Å². The number of hydrogen-bond donors (Lipinski definition) is 1. The summed E-state index contributed by atoms with van der Waals surface area (Å²) in [6.07, 6.45) is 18.3. The van der Waals surface area contributed by atoms with E-state index in [-0.39, 0.29) is 23.7 Å². The highest BCUT2D eigenvalue weighted by Gasteiger charge is 2.33. The smallest absolute Gasteiger partial charge is 0.251 e. The minimum Gasteiger partial charge on any atom is -0.325 e. The second-order valence-electron chi connectivity index (χ2n) is 8.84. The molecule has 28 heavy (non-hydrogen) atoms. The van der Waals surface area contributed by atoms with Gasteiger partial charge in [-0.2, -0.15) is 0 Å². The van der Waals surface area contributed by atoms with Gasteiger partial charge < -0.3 is 5.32 Å². The normalized spacial score (nSPS) is 31.2. The molecule has 0 saturated heterocycles. The minimum atomic E-state index is 0.0172. The van der Waals surface area contributed by atoms with Crippen molar-refractivity contribution in [2.75, 3.05) is 0 Å². The second kappa shape index (κ2) is 8.59. The van der Waals surface area contributed by atoms with Crippen LogP contribution in [0.5, 0.6) is 0 Å². The van der Waals surface area contributed by atoms with Crippen LogP contribution in [0.3, 0.4) is 0 Å². The summed E-state index contributed by atoms with van der Waals surface area (Å²) in [7, 11) is 0. The molecule has 150 valence electrons. The SMILES string of the molecule is CCCCC1CCC(C(=O)N=C2C=CC3C(=C2)NC(=O)C2=C3CCCC2)CC1. The number of carbonyl (C=O) groups is 2. The molecule has 0 spiro atoms. The molecule has 1 N–H and O–H groups in total. The molecule has 1 aliphatic heterocycles. The Morgan fingerprint density at radius 2 is 1.96 bits per heavy atom. The molecule has 2 amide bonds. The Balaban J connectivity index is 1.41. The van der Waals surface area contributed by atoms with Gasteiger partial charge in [-0.05, 0) is 75.0 Å². The Morgan fingerprint density at radius 3 is 2.75 bits per heavy atom. The van der Waals surface area contributed by atoms with E-state index in [1.807, 2.05) is 12.2 Å². The van der Waals surface area contributed by atoms with Crippen molar-refractivity contribution in [1.29, 1.82) is 0 Å². The van der Waals surface area contributed by atoms with E-state index in [0.717, 1.165) is 68.6 Å². The zero-order valence-corrected chi connectivity index (χ0v) is 17.0. The van der Waals surface area contributed by atoms with Gasteiger partial charge in [0.15, 0.2) is 0 Å². The number of unbranched alkanes of at least 4 members (excludes halogenated alkanes) is 1. The molecule has 4 heteroatoms. The third-order valence-corrected chi connectivity index (χ3v) is 6.92. The molecule has 1 unspecified atom stereocenters. The lowest BCUT2D eigenvalue weighted by Crippen LogP contribution is -2.37. The lowest BCUT2D eigenvalue weighted by molar-refractivity contribution is -0.122. The summed E-state index contributed by atoms with van der Waals surface area (Å²) in [4.78, 5) is 29.5. The summed E-state index contributed by atoms with van der Waals surface area (Å²) < 4.78 is 0. The van der Waals surface area contributed by atoms with Crippen LogP contribution in [0.25, 0.3) is 0 Å². The van der Waals surface area contributed by atoms with E-state index in [2.05, 4.69) is 23.3 Å². The van der Waals surface area contributed by atoms with Gasteiger partial charge in [0.05, 0.1) is 5.71 Å². The van der Waals surface area contributed by atoms with E-state index < -0.39 is 0 Å². The van der Waals surface area contributed by atoms with E-state index in [1.165, 1.54) is 24.8 Å². The van der Waals surface area contributed by atoms with Gasteiger partial charge in [0, 0.05) is 23.1 Å². The maximum atomic E-state index is 12.7. The van der Waals surface area contributed by atoms with Crippen LogP contribution in [0.15, 0.2) is 40.1 Å². The Labute approximate surface area is 168 Å². The predicted molar refractivity (Wildman–Crippen MR) is 112 cm³/mol. The summed E-state index contributed by atoms with van der Waals surface area (Å²) in [6, 6.07) is 0. The largest absolute Gasteiger partial charge is 0.325 e. The number of nitrogens with one attached hydrogen (secondary N) is 1. The minimum absolute atomic E-state index is 0.0172. The average molecular weight is 381 g/mol. The number of nitrogens with zero attached hydrogens (tertiary/aromatic N) is 1. The Hall–Kier alpha value is -1.97. The van der Waals surface area contributed by atoms with E-state index in [9.17, 15) is 9.59 Å². The summed E-state index contributed by atoms with van der Waals surface area (Å²) in [5.41, 5.74) is 3.83. The summed E-state index contributed by atoms with van der Waals surface area (Å²) in [5.74, 6) is 1.09. The van der Waals surface area contributed by atoms with Crippen molar-refractivity contribution in [3.63, 3.8) is 0 Å². The fraction of sp³-hybridized carbons (Fsp3) is 0.625. The van der Waals surface area contributed by atoms with Gasteiger partial charge in [0.1, 0.15) is 0 Å². The lowest BCUT2D eigenvalue weighted by Gasteiger charge is -2.33. The molecule has 3 aliphatic carbocycles. The highest BCUT2D eigenvalue weighted by atomic mass is 16.2. The number of hydrogen-bond acceptors (Lipinski definition) is 2. The van der Waals surface area contributed by atoms with Crippen LogP contribution in [0.1, 0.15) is 77.6 Å². The van der Waals surface area contributed by atoms with Crippen LogP contribution in [0.4, 0.5) is 0 Å². The summed E-state index contributed by atoms with van der Waals surface area (Å²) >= 11 is 0. The monoisotopic (exact) mass is 380 g/mol. The quantitative estimate of drug-likeness (QED) is 0.744. The molecule has 0 aromatic carbocycles. The number of amides is 2. The number of rotatable bonds is 4. The van der Waals surface area contributed by atoms with E-state index in [0.29, 0.717) is 5.71 Å². The molecule has 0 radical (unpaired) electrons. The molecule has 0 aromatic heterocycles. The first-order valence-corrected chi connectivity index (χ1v) is 11.2. The van der Waals surface area contributed by atoms with Crippen molar-refractivity contribution in [3.05, 3.63) is 35.1 Å². The van der Waals surface area contributed by atoms with Gasteiger partial charge in [-0.15, -0.1) is 0 Å². The Bertz CT molecular complexity index is 763. The maximum absolute atomic E-state index is 12.7. The average Bonchev–Trinajstić information content (AvgIpc) is 2.72. The van der Waals surface area contributed by atoms with Crippen molar-refractivity contribution in [2.45, 2.75) is 77.6 Å². The van der Waals surface area contributed by atoms with Crippen LogP contribution < -0.4 is 5.32 Å². The molecule has 0 bridgehead atoms. The zero-order chi connectivity index (χ0) is 19.5. The topological polar surface area (TPSA) is 58.5 Å². The third kappa shape index (κ3) is 4.06. The first-order chi connectivity index (χ1) is 13.7. The summed E-state index contributed by atoms with van der Waals surface area (Å²) in [5, 5.41) is 3.05. The summed E-state index contributed by atoms with van der Waals surface area (Å²) in [6.45, 7) is 2.24. The molecular formula is C24H32N2O2. The molecule has 0 aromatic rings. The fourth-order valence-electron chi connectivity index (χ4n) is 5.23.